The number of rotatable bonds is 10. The second-order valence-electron chi connectivity index (χ2n) is 16.3. The SMILES string of the molecule is CC(C)CCC[C@@H](C)[C@H]1CCC2C3CCC4CC(OC(F)(F)C(F)(F)C(F)(F)c5cc(N)cc(N)c5)CC[C@]4(C)C3CC[C@@]21C. The molecular formula is C36H54F6N2O. The smallest absolute Gasteiger partial charge is 0.399 e. The second kappa shape index (κ2) is 12.1. The molecule has 45 heavy (non-hydrogen) atoms. The van der Waals surface area contributed by atoms with Crippen LogP contribution >= 0.6 is 0 Å². The van der Waals surface area contributed by atoms with Crippen LogP contribution in [0.4, 0.5) is 37.7 Å². The van der Waals surface area contributed by atoms with Gasteiger partial charge in [0.15, 0.2) is 0 Å². The largest absolute Gasteiger partial charge is 0.426 e. The molecule has 4 fully saturated rings. The molecule has 5 unspecified atom stereocenters. The summed E-state index contributed by atoms with van der Waals surface area (Å²) in [6.07, 6.45) is 4.78. The number of halogens is 6. The minimum absolute atomic E-state index is 0.0349. The normalized spacial score (nSPS) is 36.4. The highest BCUT2D eigenvalue weighted by Crippen LogP contribution is 2.69. The summed E-state index contributed by atoms with van der Waals surface area (Å²) in [4.78, 5) is 0. The molecule has 1 aromatic carbocycles. The first kappa shape index (κ1) is 34.7. The molecule has 3 nitrogen and oxygen atoms in total. The van der Waals surface area contributed by atoms with E-state index in [1.807, 2.05) is 0 Å². The molecule has 4 aliphatic rings. The van der Waals surface area contributed by atoms with Crippen molar-refractivity contribution in [1.29, 1.82) is 0 Å². The zero-order chi connectivity index (χ0) is 33.2. The Morgan fingerprint density at radius 3 is 2.07 bits per heavy atom. The van der Waals surface area contributed by atoms with E-state index in [1.165, 1.54) is 38.5 Å². The number of nitrogens with two attached hydrogens (primary N) is 2. The Hall–Kier alpha value is -1.64. The summed E-state index contributed by atoms with van der Waals surface area (Å²) in [5.41, 5.74) is 9.20. The lowest BCUT2D eigenvalue weighted by molar-refractivity contribution is -0.415. The van der Waals surface area contributed by atoms with Gasteiger partial charge in [-0.15, -0.1) is 0 Å². The predicted molar refractivity (Wildman–Crippen MR) is 167 cm³/mol. The van der Waals surface area contributed by atoms with Crippen LogP contribution in [0, 0.1) is 52.3 Å². The van der Waals surface area contributed by atoms with Gasteiger partial charge in [-0.05, 0) is 128 Å². The van der Waals surface area contributed by atoms with E-state index in [4.69, 9.17) is 11.5 Å². The lowest BCUT2D eigenvalue weighted by atomic mass is 9.44. The van der Waals surface area contributed by atoms with Crippen LogP contribution in [0.3, 0.4) is 0 Å². The van der Waals surface area contributed by atoms with Crippen molar-refractivity contribution in [3.05, 3.63) is 23.8 Å². The number of benzene rings is 1. The molecule has 256 valence electrons. The van der Waals surface area contributed by atoms with Crippen LogP contribution in [0.15, 0.2) is 18.2 Å². The fraction of sp³-hybridized carbons (Fsp3) is 0.833. The Kier molecular flexibility index (Phi) is 9.33. The second-order valence-corrected chi connectivity index (χ2v) is 16.3. The van der Waals surface area contributed by atoms with Gasteiger partial charge >= 0.3 is 18.0 Å². The van der Waals surface area contributed by atoms with Crippen LogP contribution in [-0.4, -0.2) is 18.1 Å². The fourth-order valence-corrected chi connectivity index (χ4v) is 10.9. The maximum absolute atomic E-state index is 15.1. The lowest BCUT2D eigenvalue weighted by Gasteiger charge is -2.61. The minimum atomic E-state index is -5.81. The summed E-state index contributed by atoms with van der Waals surface area (Å²) in [5.74, 6) is -7.14. The highest BCUT2D eigenvalue weighted by Gasteiger charge is 2.74. The highest BCUT2D eigenvalue weighted by atomic mass is 19.3. The quantitative estimate of drug-likeness (QED) is 0.197. The molecule has 0 amide bonds. The Bertz CT molecular complexity index is 1190. The van der Waals surface area contributed by atoms with Crippen LogP contribution < -0.4 is 11.5 Å². The summed E-state index contributed by atoms with van der Waals surface area (Å²) in [5, 5.41) is 0. The molecule has 0 bridgehead atoms. The fourth-order valence-electron chi connectivity index (χ4n) is 10.9. The van der Waals surface area contributed by atoms with Crippen molar-refractivity contribution >= 4 is 11.4 Å². The highest BCUT2D eigenvalue weighted by molar-refractivity contribution is 5.55. The maximum Gasteiger partial charge on any atom is 0.426 e. The molecule has 9 heteroatoms. The summed E-state index contributed by atoms with van der Waals surface area (Å²) < 4.78 is 94.6. The molecule has 0 radical (unpaired) electrons. The number of alkyl halides is 6. The van der Waals surface area contributed by atoms with Crippen molar-refractivity contribution in [2.75, 3.05) is 11.5 Å². The minimum Gasteiger partial charge on any atom is -0.399 e. The first-order valence-electron chi connectivity index (χ1n) is 17.3. The van der Waals surface area contributed by atoms with Crippen LogP contribution in [0.1, 0.15) is 117 Å². The third-order valence-corrected chi connectivity index (χ3v) is 13.2. The molecule has 4 N–H and O–H groups in total. The van der Waals surface area contributed by atoms with Crippen molar-refractivity contribution in [2.24, 2.45) is 52.3 Å². The molecule has 5 rings (SSSR count). The Morgan fingerprint density at radius 2 is 1.42 bits per heavy atom. The van der Waals surface area contributed by atoms with Gasteiger partial charge < -0.3 is 16.2 Å². The van der Waals surface area contributed by atoms with Crippen molar-refractivity contribution in [1.82, 2.24) is 0 Å². The van der Waals surface area contributed by atoms with Gasteiger partial charge in [-0.25, -0.2) is 0 Å². The summed E-state index contributed by atoms with van der Waals surface area (Å²) in [6.45, 7) is 11.8. The molecule has 4 saturated carbocycles. The maximum atomic E-state index is 15.1. The van der Waals surface area contributed by atoms with Gasteiger partial charge in [-0.1, -0.05) is 53.9 Å². The molecule has 1 aromatic rings. The van der Waals surface area contributed by atoms with E-state index < -0.39 is 29.6 Å². The van der Waals surface area contributed by atoms with Crippen molar-refractivity contribution in [2.45, 2.75) is 136 Å². The van der Waals surface area contributed by atoms with Crippen LogP contribution in [0.25, 0.3) is 0 Å². The molecule has 0 aromatic heterocycles. The first-order chi connectivity index (χ1) is 20.8. The van der Waals surface area contributed by atoms with Gasteiger partial charge in [0.1, 0.15) is 0 Å². The average Bonchev–Trinajstić information content (AvgIpc) is 3.29. The number of ether oxygens (including phenoxy) is 1. The Morgan fingerprint density at radius 1 is 0.800 bits per heavy atom. The van der Waals surface area contributed by atoms with Crippen molar-refractivity contribution in [3.63, 3.8) is 0 Å². The monoisotopic (exact) mass is 644 g/mol. The van der Waals surface area contributed by atoms with E-state index in [1.54, 1.807) is 0 Å². The predicted octanol–water partition coefficient (Wildman–Crippen LogP) is 10.7. The van der Waals surface area contributed by atoms with Gasteiger partial charge in [0.2, 0.25) is 0 Å². The zero-order valence-electron chi connectivity index (χ0n) is 27.7. The molecule has 9 atom stereocenters. The van der Waals surface area contributed by atoms with Crippen molar-refractivity contribution < 1.29 is 31.1 Å². The van der Waals surface area contributed by atoms with E-state index in [0.717, 1.165) is 37.2 Å². The summed E-state index contributed by atoms with van der Waals surface area (Å²) in [7, 11) is 0. The lowest BCUT2D eigenvalue weighted by Crippen LogP contribution is -2.57. The first-order valence-corrected chi connectivity index (χ1v) is 17.3. The van der Waals surface area contributed by atoms with Gasteiger partial charge in [0.05, 0.1) is 6.10 Å². The van der Waals surface area contributed by atoms with Crippen LogP contribution in [0.5, 0.6) is 0 Å². The number of hydrogen-bond acceptors (Lipinski definition) is 3. The number of anilines is 2. The average molecular weight is 645 g/mol. The summed E-state index contributed by atoms with van der Waals surface area (Å²) >= 11 is 0. The zero-order valence-corrected chi connectivity index (χ0v) is 27.7. The van der Waals surface area contributed by atoms with Gasteiger partial charge in [-0.3, -0.25) is 0 Å². The number of hydrogen-bond donors (Lipinski definition) is 2. The van der Waals surface area contributed by atoms with Gasteiger partial charge in [0, 0.05) is 16.9 Å². The molecule has 4 aliphatic carbocycles. The third kappa shape index (κ3) is 5.99. The van der Waals surface area contributed by atoms with E-state index in [2.05, 4.69) is 39.4 Å². The number of fused-ring (bicyclic) bond motifs is 5. The number of nitrogen functional groups attached to an aromatic ring is 2. The topological polar surface area (TPSA) is 61.3 Å². The third-order valence-electron chi connectivity index (χ3n) is 13.2. The summed E-state index contributed by atoms with van der Waals surface area (Å²) in [6, 6.07) is 2.17. The Labute approximate surface area is 265 Å². The standard InChI is InChI=1S/C36H54F6N2O/c1-21(2)7-6-8-22(3)29-11-12-30-28-10-9-23-19-27(13-15-32(23,4)31(28)14-16-33(29,30)5)45-36(41,42)35(39,40)34(37,38)24-17-25(43)20-26(44)18-24/h17-18,20-23,27-31H,6-16,19,43-44H2,1-5H3/t22-,23?,27?,28?,29-,30?,31?,32+,33-/m1/s1. The van der Waals surface area contributed by atoms with E-state index in [0.29, 0.717) is 47.6 Å². The van der Waals surface area contributed by atoms with Crippen molar-refractivity contribution in [3.8, 4) is 0 Å². The van der Waals surface area contributed by atoms with Crippen LogP contribution in [-0.2, 0) is 10.7 Å². The Balaban J connectivity index is 1.25. The van der Waals surface area contributed by atoms with E-state index >= 15 is 8.78 Å². The molecule has 0 aliphatic heterocycles. The van der Waals surface area contributed by atoms with E-state index in [-0.39, 0.29) is 35.5 Å². The van der Waals surface area contributed by atoms with Gasteiger partial charge in [-0.2, -0.15) is 26.3 Å². The molecule has 0 saturated heterocycles. The molecule has 0 heterocycles. The molecular weight excluding hydrogens is 590 g/mol. The van der Waals surface area contributed by atoms with Gasteiger partial charge in [0.25, 0.3) is 0 Å². The molecule has 0 spiro atoms. The van der Waals surface area contributed by atoms with E-state index in [9.17, 15) is 17.6 Å². The van der Waals surface area contributed by atoms with Crippen LogP contribution in [0.2, 0.25) is 0 Å².